The fourth-order valence-electron chi connectivity index (χ4n) is 2.95. The first-order chi connectivity index (χ1) is 12.0. The van der Waals surface area contributed by atoms with E-state index in [2.05, 4.69) is 5.32 Å². The molecule has 0 unspecified atom stereocenters. The summed E-state index contributed by atoms with van der Waals surface area (Å²) in [7, 11) is -3.26. The number of amides is 1. The third-order valence-electron chi connectivity index (χ3n) is 4.42. The molecule has 1 aromatic carbocycles. The van der Waals surface area contributed by atoms with Crippen molar-refractivity contribution in [3.63, 3.8) is 0 Å². The highest BCUT2D eigenvalue weighted by Crippen LogP contribution is 2.13. The normalized spacial score (nSPS) is 15.9. The van der Waals surface area contributed by atoms with Crippen LogP contribution >= 0.6 is 0 Å². The summed E-state index contributed by atoms with van der Waals surface area (Å²) < 4.78 is 38.6. The Bertz CT molecular complexity index is 641. The lowest BCUT2D eigenvalue weighted by Crippen LogP contribution is -2.40. The van der Waals surface area contributed by atoms with E-state index >= 15 is 0 Å². The van der Waals surface area contributed by atoms with Gasteiger partial charge < -0.3 is 5.32 Å². The Kier molecular flexibility index (Phi) is 7.84. The van der Waals surface area contributed by atoms with E-state index in [0.717, 1.165) is 44.1 Å². The average molecular weight is 370 g/mol. The zero-order valence-corrected chi connectivity index (χ0v) is 15.4. The lowest BCUT2D eigenvalue weighted by molar-refractivity contribution is -0.121. The van der Waals surface area contributed by atoms with Crippen LogP contribution in [0.4, 0.5) is 4.39 Å². The average Bonchev–Trinajstić information content (AvgIpc) is 2.61. The van der Waals surface area contributed by atoms with Gasteiger partial charge in [-0.25, -0.2) is 17.1 Å². The molecule has 1 aromatic rings. The summed E-state index contributed by atoms with van der Waals surface area (Å²) in [5, 5.41) is 2.69. The van der Waals surface area contributed by atoms with Crippen molar-refractivity contribution < 1.29 is 17.6 Å². The summed E-state index contributed by atoms with van der Waals surface area (Å²) in [4.78, 5) is 11.8. The number of sulfonamides is 1. The van der Waals surface area contributed by atoms with Crippen LogP contribution in [0, 0.1) is 5.82 Å². The molecule has 1 aliphatic heterocycles. The van der Waals surface area contributed by atoms with Gasteiger partial charge in [0.1, 0.15) is 5.82 Å². The third-order valence-corrected chi connectivity index (χ3v) is 6.30. The van der Waals surface area contributed by atoms with E-state index in [1.165, 1.54) is 16.4 Å². The van der Waals surface area contributed by atoms with Gasteiger partial charge in [-0.1, -0.05) is 18.6 Å². The molecule has 0 aliphatic carbocycles. The van der Waals surface area contributed by atoms with E-state index in [1.807, 2.05) is 0 Å². The van der Waals surface area contributed by atoms with Gasteiger partial charge in [0.15, 0.2) is 0 Å². The SMILES string of the molecule is O=C(CCCCc1ccc(F)cc1)NCCS(=O)(=O)N1CCCCC1. The van der Waals surface area contributed by atoms with E-state index < -0.39 is 10.0 Å². The molecule has 1 N–H and O–H groups in total. The number of hydrogen-bond donors (Lipinski definition) is 1. The van der Waals surface area contributed by atoms with E-state index in [1.54, 1.807) is 12.1 Å². The van der Waals surface area contributed by atoms with Crippen LogP contribution in [-0.4, -0.2) is 44.0 Å². The quantitative estimate of drug-likeness (QED) is 0.679. The first kappa shape index (κ1) is 19.8. The minimum absolute atomic E-state index is 0.0334. The maximum absolute atomic E-state index is 12.8. The number of halogens is 1. The molecule has 0 radical (unpaired) electrons. The summed E-state index contributed by atoms with van der Waals surface area (Å²) >= 11 is 0. The van der Waals surface area contributed by atoms with Gasteiger partial charge in [-0.15, -0.1) is 0 Å². The first-order valence-corrected chi connectivity index (χ1v) is 10.6. The van der Waals surface area contributed by atoms with E-state index in [0.29, 0.717) is 19.5 Å². The highest BCUT2D eigenvalue weighted by Gasteiger charge is 2.23. The molecule has 1 fully saturated rings. The van der Waals surface area contributed by atoms with E-state index in [4.69, 9.17) is 0 Å². The molecule has 0 atom stereocenters. The molecule has 0 bridgehead atoms. The Hall–Kier alpha value is -1.47. The predicted octanol–water partition coefficient (Wildman–Crippen LogP) is 2.47. The summed E-state index contributed by atoms with van der Waals surface area (Å²) in [5.41, 5.74) is 1.05. The largest absolute Gasteiger partial charge is 0.355 e. The van der Waals surface area contributed by atoms with Gasteiger partial charge in [-0.05, 0) is 49.8 Å². The third kappa shape index (κ3) is 7.12. The molecule has 5 nitrogen and oxygen atoms in total. The fourth-order valence-corrected chi connectivity index (χ4v) is 4.38. The Labute approximate surface area is 149 Å². The van der Waals surface area contributed by atoms with Crippen LogP contribution in [0.1, 0.15) is 44.1 Å². The van der Waals surface area contributed by atoms with Gasteiger partial charge >= 0.3 is 0 Å². The molecule has 1 aliphatic rings. The number of nitrogens with zero attached hydrogens (tertiary/aromatic N) is 1. The van der Waals surface area contributed by atoms with Gasteiger partial charge in [0.2, 0.25) is 15.9 Å². The highest BCUT2D eigenvalue weighted by molar-refractivity contribution is 7.89. The van der Waals surface area contributed by atoms with Crippen molar-refractivity contribution in [2.75, 3.05) is 25.4 Å². The van der Waals surface area contributed by atoms with Crippen molar-refractivity contribution in [1.29, 1.82) is 0 Å². The molecule has 2 rings (SSSR count). The molecular formula is C18H27FN2O3S. The molecule has 0 saturated carbocycles. The molecule has 25 heavy (non-hydrogen) atoms. The van der Waals surface area contributed by atoms with Crippen LogP contribution in [0.15, 0.2) is 24.3 Å². The van der Waals surface area contributed by atoms with Crippen LogP contribution in [0.2, 0.25) is 0 Å². The van der Waals surface area contributed by atoms with Crippen molar-refractivity contribution in [2.24, 2.45) is 0 Å². The van der Waals surface area contributed by atoms with Crippen LogP contribution in [-0.2, 0) is 21.2 Å². The zero-order valence-electron chi connectivity index (χ0n) is 14.5. The van der Waals surface area contributed by atoms with Crippen molar-refractivity contribution in [3.05, 3.63) is 35.6 Å². The summed E-state index contributed by atoms with van der Waals surface area (Å²) in [6.07, 6.45) is 5.66. The Balaban J connectivity index is 1.58. The minimum atomic E-state index is -3.26. The second-order valence-electron chi connectivity index (χ2n) is 6.46. The fraction of sp³-hybridized carbons (Fsp3) is 0.611. The molecule has 7 heteroatoms. The second-order valence-corrected chi connectivity index (χ2v) is 8.55. The molecular weight excluding hydrogens is 343 g/mol. The minimum Gasteiger partial charge on any atom is -0.355 e. The lowest BCUT2D eigenvalue weighted by atomic mass is 10.1. The van der Waals surface area contributed by atoms with Crippen LogP contribution in [0.3, 0.4) is 0 Å². The monoisotopic (exact) mass is 370 g/mol. The lowest BCUT2D eigenvalue weighted by Gasteiger charge is -2.25. The summed E-state index contributed by atoms with van der Waals surface area (Å²) in [5.74, 6) is -0.399. The number of aryl methyl sites for hydroxylation is 1. The standard InChI is InChI=1S/C18H27FN2O3S/c19-17-10-8-16(9-11-17)6-2-3-7-18(22)20-12-15-25(23,24)21-13-4-1-5-14-21/h8-11H,1-7,12-15H2,(H,20,22). The number of carbonyl (C=O) groups excluding carboxylic acids is 1. The Morgan fingerprint density at radius 3 is 2.44 bits per heavy atom. The van der Waals surface area contributed by atoms with Crippen LogP contribution < -0.4 is 5.32 Å². The summed E-state index contributed by atoms with van der Waals surface area (Å²) in [6.45, 7) is 1.36. The van der Waals surface area contributed by atoms with Gasteiger partial charge in [0.05, 0.1) is 5.75 Å². The van der Waals surface area contributed by atoms with Crippen LogP contribution in [0.25, 0.3) is 0 Å². The van der Waals surface area contributed by atoms with Crippen molar-refractivity contribution in [2.45, 2.75) is 44.9 Å². The second kappa shape index (κ2) is 9.87. The molecule has 0 aromatic heterocycles. The number of nitrogens with one attached hydrogen (secondary N) is 1. The van der Waals surface area contributed by atoms with Gasteiger partial charge in [-0.3, -0.25) is 4.79 Å². The highest BCUT2D eigenvalue weighted by atomic mass is 32.2. The smallest absolute Gasteiger partial charge is 0.220 e. The van der Waals surface area contributed by atoms with Crippen LogP contribution in [0.5, 0.6) is 0 Å². The predicted molar refractivity (Wildman–Crippen MR) is 96.2 cm³/mol. The zero-order chi connectivity index (χ0) is 18.1. The Morgan fingerprint density at radius 2 is 1.76 bits per heavy atom. The summed E-state index contributed by atoms with van der Waals surface area (Å²) in [6, 6.07) is 6.37. The Morgan fingerprint density at radius 1 is 1.08 bits per heavy atom. The van der Waals surface area contributed by atoms with Gasteiger partial charge in [-0.2, -0.15) is 0 Å². The van der Waals surface area contributed by atoms with Crippen molar-refractivity contribution >= 4 is 15.9 Å². The molecule has 140 valence electrons. The first-order valence-electron chi connectivity index (χ1n) is 8.96. The maximum atomic E-state index is 12.8. The number of carbonyl (C=O) groups is 1. The number of hydrogen-bond acceptors (Lipinski definition) is 3. The number of piperidine rings is 1. The van der Waals surface area contributed by atoms with E-state index in [9.17, 15) is 17.6 Å². The number of unbranched alkanes of at least 4 members (excludes halogenated alkanes) is 1. The molecule has 0 spiro atoms. The van der Waals surface area contributed by atoms with Gasteiger partial charge in [0.25, 0.3) is 0 Å². The topological polar surface area (TPSA) is 66.5 Å². The van der Waals surface area contributed by atoms with Crippen molar-refractivity contribution in [1.82, 2.24) is 9.62 Å². The number of benzene rings is 1. The maximum Gasteiger partial charge on any atom is 0.220 e. The number of rotatable bonds is 9. The molecule has 1 amide bonds. The molecule has 1 heterocycles. The van der Waals surface area contributed by atoms with E-state index in [-0.39, 0.29) is 24.0 Å². The van der Waals surface area contributed by atoms with Crippen molar-refractivity contribution in [3.8, 4) is 0 Å². The molecule has 1 saturated heterocycles. The van der Waals surface area contributed by atoms with Gasteiger partial charge in [0, 0.05) is 26.1 Å².